The Morgan fingerprint density at radius 3 is 2.58 bits per heavy atom. The Kier molecular flexibility index (Phi) is 4.02. The number of rotatable bonds is 3. The van der Waals surface area contributed by atoms with Gasteiger partial charge in [-0.3, -0.25) is 4.98 Å². The molecule has 3 aromatic rings. The number of fused-ring (bicyclic) bond motifs is 1. The Bertz CT molecular complexity index is 1080. The molecule has 4 rings (SSSR count). The van der Waals surface area contributed by atoms with Gasteiger partial charge in [0.1, 0.15) is 16.2 Å². The fourth-order valence-corrected chi connectivity index (χ4v) is 4.48. The average Bonchev–Trinajstić information content (AvgIpc) is 3.17. The van der Waals surface area contributed by atoms with Gasteiger partial charge in [0.25, 0.3) is 0 Å². The van der Waals surface area contributed by atoms with Crippen LogP contribution in [0.5, 0.6) is 0 Å². The highest BCUT2D eigenvalue weighted by Crippen LogP contribution is 2.25. The lowest BCUT2D eigenvalue weighted by Crippen LogP contribution is -2.48. The molecule has 0 amide bonds. The molecule has 0 atom stereocenters. The molecule has 9 nitrogen and oxygen atoms in total. The third kappa shape index (κ3) is 2.77. The molecule has 0 saturated carbocycles. The molecule has 1 aliphatic rings. The van der Waals surface area contributed by atoms with Crippen molar-refractivity contribution >= 4 is 32.6 Å². The Morgan fingerprint density at radius 1 is 1.08 bits per heavy atom. The fraction of sp³-hybridized carbons (Fsp3) is 0.250. The number of piperazine rings is 1. The summed E-state index contributed by atoms with van der Waals surface area (Å²) >= 11 is 0. The quantitative estimate of drug-likeness (QED) is 0.647. The Balaban J connectivity index is 1.53. The molecular formula is C16H14N6O3S. The minimum Gasteiger partial charge on any atom is -0.354 e. The average molecular weight is 370 g/mol. The molecule has 1 aliphatic heterocycles. The summed E-state index contributed by atoms with van der Waals surface area (Å²) in [5, 5.41) is 7.42. The minimum absolute atomic E-state index is 0.101. The van der Waals surface area contributed by atoms with Gasteiger partial charge in [-0.05, 0) is 28.5 Å². The van der Waals surface area contributed by atoms with Gasteiger partial charge >= 0.3 is 0 Å². The molecule has 10 heteroatoms. The maximum absolute atomic E-state index is 13.0. The van der Waals surface area contributed by atoms with Gasteiger partial charge in [-0.1, -0.05) is 12.1 Å². The number of hydrogen-bond acceptors (Lipinski definition) is 7. The van der Waals surface area contributed by atoms with E-state index in [9.17, 15) is 8.42 Å². The van der Waals surface area contributed by atoms with E-state index in [1.54, 1.807) is 24.3 Å². The van der Waals surface area contributed by atoms with Gasteiger partial charge in [0, 0.05) is 32.4 Å². The molecule has 1 saturated heterocycles. The van der Waals surface area contributed by atoms with Gasteiger partial charge in [-0.15, -0.1) is 0 Å². The van der Waals surface area contributed by atoms with Crippen LogP contribution >= 0.6 is 0 Å². The molecule has 1 aromatic carbocycles. The molecular weight excluding hydrogens is 356 g/mol. The van der Waals surface area contributed by atoms with Crippen molar-refractivity contribution in [2.45, 2.75) is 4.90 Å². The van der Waals surface area contributed by atoms with Crippen LogP contribution in [0, 0.1) is 6.57 Å². The van der Waals surface area contributed by atoms with E-state index in [1.165, 1.54) is 16.6 Å². The first-order chi connectivity index (χ1) is 12.6. The summed E-state index contributed by atoms with van der Waals surface area (Å²) in [6.45, 7) is 8.64. The highest BCUT2D eigenvalue weighted by Gasteiger charge is 2.31. The van der Waals surface area contributed by atoms with Gasteiger partial charge in [-0.25, -0.2) is 17.9 Å². The van der Waals surface area contributed by atoms with Gasteiger partial charge in [0.2, 0.25) is 15.7 Å². The van der Waals surface area contributed by atoms with Gasteiger partial charge in [0.05, 0.1) is 6.57 Å². The summed E-state index contributed by atoms with van der Waals surface area (Å²) in [5.74, 6) is 0.734. The number of aromatic nitrogens is 3. The number of sulfonamides is 1. The zero-order chi connectivity index (χ0) is 18.1. The van der Waals surface area contributed by atoms with Crippen LogP contribution < -0.4 is 4.90 Å². The zero-order valence-electron chi connectivity index (χ0n) is 13.6. The highest BCUT2D eigenvalue weighted by atomic mass is 32.2. The SMILES string of the molecule is [C-]#[N+]c1ccc(N2CCN(S(=O)(=O)c3cccc4nonc34)CC2)nc1. The van der Waals surface area contributed by atoms with E-state index in [4.69, 9.17) is 6.57 Å². The summed E-state index contributed by atoms with van der Waals surface area (Å²) in [5.41, 5.74) is 1.13. The fourth-order valence-electron chi connectivity index (χ4n) is 2.92. The van der Waals surface area contributed by atoms with Crippen LogP contribution in [0.3, 0.4) is 0 Å². The summed E-state index contributed by atoms with van der Waals surface area (Å²) in [6.07, 6.45) is 1.52. The molecule has 3 heterocycles. The van der Waals surface area contributed by atoms with Crippen molar-refractivity contribution in [2.24, 2.45) is 0 Å². The summed E-state index contributed by atoms with van der Waals surface area (Å²) in [4.78, 5) is 9.68. The van der Waals surface area contributed by atoms with Crippen molar-refractivity contribution in [1.82, 2.24) is 19.6 Å². The lowest BCUT2D eigenvalue weighted by Gasteiger charge is -2.34. The Hall–Kier alpha value is -3.03. The van der Waals surface area contributed by atoms with E-state index in [-0.39, 0.29) is 10.4 Å². The van der Waals surface area contributed by atoms with Crippen LogP contribution in [0.15, 0.2) is 46.1 Å². The smallest absolute Gasteiger partial charge is 0.245 e. The third-order valence-corrected chi connectivity index (χ3v) is 6.22. The maximum Gasteiger partial charge on any atom is 0.245 e. The van der Waals surface area contributed by atoms with E-state index >= 15 is 0 Å². The molecule has 0 radical (unpaired) electrons. The monoisotopic (exact) mass is 370 g/mol. The lowest BCUT2D eigenvalue weighted by atomic mass is 10.3. The first kappa shape index (κ1) is 16.4. The molecule has 2 aromatic heterocycles. The lowest BCUT2D eigenvalue weighted by molar-refractivity contribution is 0.315. The largest absolute Gasteiger partial charge is 0.354 e. The third-order valence-electron chi connectivity index (χ3n) is 4.29. The van der Waals surface area contributed by atoms with Crippen LogP contribution in [0.4, 0.5) is 11.5 Å². The Morgan fingerprint density at radius 2 is 1.88 bits per heavy atom. The van der Waals surface area contributed by atoms with E-state index in [0.29, 0.717) is 37.4 Å². The standard InChI is InChI=1S/C16H14N6O3S/c1-17-12-5-6-15(18-11-12)21-7-9-22(10-8-21)26(23,24)14-4-2-3-13-16(14)20-25-19-13/h2-6,11H,7-10H2. The van der Waals surface area contributed by atoms with Crippen molar-refractivity contribution in [2.75, 3.05) is 31.1 Å². The predicted molar refractivity (Wildman–Crippen MR) is 93.3 cm³/mol. The van der Waals surface area contributed by atoms with Crippen molar-refractivity contribution < 1.29 is 13.0 Å². The number of nitrogens with zero attached hydrogens (tertiary/aromatic N) is 6. The highest BCUT2D eigenvalue weighted by molar-refractivity contribution is 7.89. The number of benzene rings is 1. The summed E-state index contributed by atoms with van der Waals surface area (Å²) in [6, 6.07) is 8.27. The van der Waals surface area contributed by atoms with E-state index in [1.807, 2.05) is 4.90 Å². The normalized spacial score (nSPS) is 15.9. The van der Waals surface area contributed by atoms with Crippen LogP contribution in [0.25, 0.3) is 15.9 Å². The first-order valence-corrected chi connectivity index (χ1v) is 9.33. The zero-order valence-corrected chi connectivity index (χ0v) is 14.4. The van der Waals surface area contributed by atoms with Crippen LogP contribution in [-0.4, -0.2) is 54.2 Å². The molecule has 1 fully saturated rings. The van der Waals surface area contributed by atoms with E-state index < -0.39 is 10.0 Å². The van der Waals surface area contributed by atoms with Crippen LogP contribution in [-0.2, 0) is 10.0 Å². The summed E-state index contributed by atoms with van der Waals surface area (Å²) < 4.78 is 32.0. The molecule has 0 unspecified atom stereocenters. The summed E-state index contributed by atoms with van der Waals surface area (Å²) in [7, 11) is -3.69. The molecule has 0 bridgehead atoms. The van der Waals surface area contributed by atoms with E-state index in [0.717, 1.165) is 5.82 Å². The molecule has 0 spiro atoms. The van der Waals surface area contributed by atoms with Crippen molar-refractivity contribution in [3.8, 4) is 0 Å². The Labute approximate surface area is 149 Å². The molecule has 132 valence electrons. The minimum atomic E-state index is -3.69. The van der Waals surface area contributed by atoms with Gasteiger partial charge < -0.3 is 4.90 Å². The number of pyridine rings is 1. The maximum atomic E-state index is 13.0. The molecule has 26 heavy (non-hydrogen) atoms. The van der Waals surface area contributed by atoms with E-state index in [2.05, 4.69) is 24.8 Å². The van der Waals surface area contributed by atoms with Crippen LogP contribution in [0.2, 0.25) is 0 Å². The first-order valence-electron chi connectivity index (χ1n) is 7.89. The van der Waals surface area contributed by atoms with Gasteiger partial charge in [0.15, 0.2) is 5.52 Å². The van der Waals surface area contributed by atoms with Crippen molar-refractivity contribution in [3.05, 3.63) is 47.9 Å². The van der Waals surface area contributed by atoms with Gasteiger partial charge in [-0.2, -0.15) is 4.31 Å². The number of anilines is 1. The second-order valence-electron chi connectivity index (χ2n) is 5.77. The topological polar surface area (TPSA) is 96.8 Å². The van der Waals surface area contributed by atoms with Crippen LogP contribution in [0.1, 0.15) is 0 Å². The van der Waals surface area contributed by atoms with Crippen molar-refractivity contribution in [3.63, 3.8) is 0 Å². The molecule has 0 aliphatic carbocycles. The second-order valence-corrected chi connectivity index (χ2v) is 7.67. The number of hydrogen-bond donors (Lipinski definition) is 0. The van der Waals surface area contributed by atoms with Crippen molar-refractivity contribution in [1.29, 1.82) is 0 Å². The molecule has 0 N–H and O–H groups in total. The second kappa shape index (κ2) is 6.36. The predicted octanol–water partition coefficient (Wildman–Crippen LogP) is 1.68.